The lowest BCUT2D eigenvalue weighted by Gasteiger charge is -2.02. The molecule has 0 radical (unpaired) electrons. The van der Waals surface area contributed by atoms with E-state index in [4.69, 9.17) is 0 Å². The summed E-state index contributed by atoms with van der Waals surface area (Å²) in [4.78, 5) is 4.60. The van der Waals surface area contributed by atoms with Gasteiger partial charge in [0.1, 0.15) is 11.2 Å². The largest absolute Gasteiger partial charge is 0.276 e. The van der Waals surface area contributed by atoms with E-state index in [1.807, 2.05) is 24.3 Å². The quantitative estimate of drug-likeness (QED) is 0.586. The zero-order chi connectivity index (χ0) is 14.2. The van der Waals surface area contributed by atoms with Crippen LogP contribution in [0.15, 0.2) is 61.2 Å². The lowest BCUT2D eigenvalue weighted by molar-refractivity contribution is 1.12. The van der Waals surface area contributed by atoms with Gasteiger partial charge in [-0.3, -0.25) is 5.10 Å². The molecule has 0 atom stereocenters. The summed E-state index contributed by atoms with van der Waals surface area (Å²) >= 11 is 0. The predicted octanol–water partition coefficient (Wildman–Crippen LogP) is 4.42. The molecule has 3 heteroatoms. The maximum atomic E-state index is 4.60. The fourth-order valence-corrected chi connectivity index (χ4v) is 2.57. The van der Waals surface area contributed by atoms with Gasteiger partial charge in [-0.25, -0.2) is 4.98 Å². The van der Waals surface area contributed by atoms with E-state index in [9.17, 15) is 0 Å². The highest BCUT2D eigenvalue weighted by molar-refractivity contribution is 5.94. The molecule has 0 unspecified atom stereocenters. The van der Waals surface area contributed by atoms with Crippen LogP contribution in [-0.4, -0.2) is 15.2 Å². The van der Waals surface area contributed by atoms with E-state index in [-0.39, 0.29) is 0 Å². The van der Waals surface area contributed by atoms with Gasteiger partial charge in [-0.05, 0) is 35.0 Å². The normalized spacial score (nSPS) is 11.0. The Kier molecular flexibility index (Phi) is 2.57. The minimum Gasteiger partial charge on any atom is -0.276 e. The third kappa shape index (κ3) is 1.91. The molecule has 0 aliphatic carbocycles. The van der Waals surface area contributed by atoms with Gasteiger partial charge >= 0.3 is 0 Å². The lowest BCUT2D eigenvalue weighted by atomic mass is 10.0. The molecule has 4 aromatic rings. The van der Waals surface area contributed by atoms with Gasteiger partial charge in [0.25, 0.3) is 0 Å². The van der Waals surface area contributed by atoms with Gasteiger partial charge in [0.15, 0.2) is 0 Å². The molecule has 0 aliphatic heterocycles. The van der Waals surface area contributed by atoms with Gasteiger partial charge in [0.2, 0.25) is 0 Å². The summed E-state index contributed by atoms with van der Waals surface area (Å²) in [6, 6.07) is 18.6. The standard InChI is InChI=1S/C18H13N3/c1-2-15-9-10-16-18(19-15)17(21-20-16)14-8-7-12-5-3-4-6-13(12)11-14/h2-11H,1H2,(H,20,21). The highest BCUT2D eigenvalue weighted by Crippen LogP contribution is 2.28. The molecule has 0 saturated heterocycles. The van der Waals surface area contributed by atoms with Crippen LogP contribution in [0.2, 0.25) is 0 Å². The van der Waals surface area contributed by atoms with Crippen LogP contribution in [0, 0.1) is 0 Å². The molecule has 0 saturated carbocycles. The molecular weight excluding hydrogens is 258 g/mol. The molecule has 2 aromatic heterocycles. The molecule has 2 aromatic carbocycles. The number of fused-ring (bicyclic) bond motifs is 2. The molecule has 0 bridgehead atoms. The second kappa shape index (κ2) is 4.56. The topological polar surface area (TPSA) is 41.6 Å². The van der Waals surface area contributed by atoms with E-state index in [1.54, 1.807) is 6.08 Å². The van der Waals surface area contributed by atoms with Gasteiger partial charge < -0.3 is 0 Å². The van der Waals surface area contributed by atoms with Gasteiger partial charge in [0.05, 0.1) is 11.2 Å². The number of hydrogen-bond donors (Lipinski definition) is 1. The van der Waals surface area contributed by atoms with Crippen molar-refractivity contribution in [2.24, 2.45) is 0 Å². The molecule has 0 amide bonds. The molecule has 0 spiro atoms. The third-order valence-corrected chi connectivity index (χ3v) is 3.66. The minimum atomic E-state index is 0.853. The molecule has 0 fully saturated rings. The van der Waals surface area contributed by atoms with Crippen molar-refractivity contribution in [3.63, 3.8) is 0 Å². The smallest absolute Gasteiger partial charge is 0.118 e. The van der Waals surface area contributed by atoms with Crippen LogP contribution in [-0.2, 0) is 0 Å². The van der Waals surface area contributed by atoms with E-state index >= 15 is 0 Å². The fourth-order valence-electron chi connectivity index (χ4n) is 2.57. The van der Waals surface area contributed by atoms with Gasteiger partial charge in [-0.15, -0.1) is 0 Å². The van der Waals surface area contributed by atoms with Gasteiger partial charge in [-0.1, -0.05) is 43.0 Å². The van der Waals surface area contributed by atoms with Crippen molar-refractivity contribution in [3.05, 3.63) is 66.9 Å². The monoisotopic (exact) mass is 271 g/mol. The maximum Gasteiger partial charge on any atom is 0.118 e. The van der Waals surface area contributed by atoms with Crippen molar-refractivity contribution in [3.8, 4) is 11.3 Å². The second-order valence-corrected chi connectivity index (χ2v) is 4.97. The molecule has 2 heterocycles. The Bertz CT molecular complexity index is 966. The van der Waals surface area contributed by atoms with Crippen molar-refractivity contribution < 1.29 is 0 Å². The highest BCUT2D eigenvalue weighted by Gasteiger charge is 2.10. The first-order valence-corrected chi connectivity index (χ1v) is 6.82. The van der Waals surface area contributed by atoms with E-state index in [0.717, 1.165) is 28.0 Å². The number of H-pyrrole nitrogens is 1. The summed E-state index contributed by atoms with van der Waals surface area (Å²) in [5, 5.41) is 9.89. The predicted molar refractivity (Wildman–Crippen MR) is 86.9 cm³/mol. The number of hydrogen-bond acceptors (Lipinski definition) is 2. The van der Waals surface area contributed by atoms with Crippen LogP contribution < -0.4 is 0 Å². The number of aromatic amines is 1. The van der Waals surface area contributed by atoms with E-state index in [0.29, 0.717) is 0 Å². The first kappa shape index (κ1) is 11.9. The molecular formula is C18H13N3. The average Bonchev–Trinajstić information content (AvgIpc) is 2.97. The van der Waals surface area contributed by atoms with E-state index in [1.165, 1.54) is 10.8 Å². The first-order valence-electron chi connectivity index (χ1n) is 6.82. The number of pyridine rings is 1. The molecule has 21 heavy (non-hydrogen) atoms. The van der Waals surface area contributed by atoms with Crippen molar-refractivity contribution >= 4 is 27.9 Å². The van der Waals surface area contributed by atoms with Gasteiger partial charge in [0, 0.05) is 5.56 Å². The van der Waals surface area contributed by atoms with Crippen molar-refractivity contribution in [2.75, 3.05) is 0 Å². The van der Waals surface area contributed by atoms with Crippen molar-refractivity contribution in [2.45, 2.75) is 0 Å². The maximum absolute atomic E-state index is 4.60. The summed E-state index contributed by atoms with van der Waals surface area (Å²) in [5.41, 5.74) is 4.60. The van der Waals surface area contributed by atoms with Crippen LogP contribution in [0.4, 0.5) is 0 Å². The Morgan fingerprint density at radius 2 is 1.81 bits per heavy atom. The molecule has 4 rings (SSSR count). The summed E-state index contributed by atoms with van der Waals surface area (Å²) in [5.74, 6) is 0. The minimum absolute atomic E-state index is 0.853. The number of aromatic nitrogens is 3. The number of rotatable bonds is 2. The molecule has 1 N–H and O–H groups in total. The summed E-state index contributed by atoms with van der Waals surface area (Å²) in [6.07, 6.45) is 1.75. The fraction of sp³-hybridized carbons (Fsp3) is 0. The molecule has 3 nitrogen and oxygen atoms in total. The zero-order valence-corrected chi connectivity index (χ0v) is 11.4. The average molecular weight is 271 g/mol. The summed E-state index contributed by atoms with van der Waals surface area (Å²) in [6.45, 7) is 3.77. The van der Waals surface area contributed by atoms with Crippen LogP contribution in [0.1, 0.15) is 5.69 Å². The van der Waals surface area contributed by atoms with Gasteiger partial charge in [-0.2, -0.15) is 5.10 Å². The Hall–Kier alpha value is -2.94. The summed E-state index contributed by atoms with van der Waals surface area (Å²) in [7, 11) is 0. The Labute approximate surface area is 122 Å². The van der Waals surface area contributed by atoms with Crippen molar-refractivity contribution in [1.29, 1.82) is 0 Å². The Balaban J connectivity index is 1.96. The van der Waals surface area contributed by atoms with Crippen molar-refractivity contribution in [1.82, 2.24) is 15.2 Å². The van der Waals surface area contributed by atoms with E-state index in [2.05, 4.69) is 52.1 Å². The first-order chi connectivity index (χ1) is 10.3. The lowest BCUT2D eigenvalue weighted by Crippen LogP contribution is -1.84. The second-order valence-electron chi connectivity index (χ2n) is 4.97. The number of nitrogens with one attached hydrogen (secondary N) is 1. The molecule has 0 aliphatic rings. The zero-order valence-electron chi connectivity index (χ0n) is 11.4. The summed E-state index contributed by atoms with van der Waals surface area (Å²) < 4.78 is 0. The van der Waals surface area contributed by atoms with E-state index < -0.39 is 0 Å². The number of benzene rings is 2. The third-order valence-electron chi connectivity index (χ3n) is 3.66. The number of nitrogens with zero attached hydrogens (tertiary/aromatic N) is 2. The van der Waals surface area contributed by atoms with Crippen LogP contribution in [0.25, 0.3) is 39.1 Å². The Morgan fingerprint density at radius 3 is 2.67 bits per heavy atom. The van der Waals surface area contributed by atoms with Crippen LogP contribution in [0.5, 0.6) is 0 Å². The van der Waals surface area contributed by atoms with Crippen LogP contribution in [0.3, 0.4) is 0 Å². The molecule has 100 valence electrons. The Morgan fingerprint density at radius 1 is 0.952 bits per heavy atom. The highest BCUT2D eigenvalue weighted by atomic mass is 15.1. The SMILES string of the molecule is C=Cc1ccc2[nH]nc(-c3ccc4ccccc4c3)c2n1. The van der Waals surface area contributed by atoms with Crippen LogP contribution >= 0.6 is 0 Å².